The molecule has 1 aliphatic rings. The molecule has 2 heterocycles. The first-order valence-corrected chi connectivity index (χ1v) is 6.50. The molecule has 2 nitrogen and oxygen atoms in total. The van der Waals surface area contributed by atoms with Gasteiger partial charge in [-0.15, -0.1) is 11.3 Å². The molecule has 0 N–H and O–H groups in total. The van der Waals surface area contributed by atoms with E-state index in [1.54, 1.807) is 11.3 Å². The summed E-state index contributed by atoms with van der Waals surface area (Å²) in [5.41, 5.74) is 1.18. The smallest absolute Gasteiger partial charge is 0.307 e. The molecular weight excluding hydrogens is 232 g/mol. The van der Waals surface area contributed by atoms with Gasteiger partial charge >= 0.3 is 5.97 Å². The fourth-order valence-electron chi connectivity index (χ4n) is 2.26. The van der Waals surface area contributed by atoms with Gasteiger partial charge in [0.2, 0.25) is 0 Å². The summed E-state index contributed by atoms with van der Waals surface area (Å²) in [6, 6.07) is 14.1. The van der Waals surface area contributed by atoms with E-state index in [4.69, 9.17) is 4.74 Å². The molecule has 1 aromatic carbocycles. The summed E-state index contributed by atoms with van der Waals surface area (Å²) in [7, 11) is 0. The Morgan fingerprint density at radius 2 is 1.94 bits per heavy atom. The van der Waals surface area contributed by atoms with Gasteiger partial charge in [-0.3, -0.25) is 4.79 Å². The van der Waals surface area contributed by atoms with Crippen molar-refractivity contribution in [2.75, 3.05) is 0 Å². The molecule has 0 bridgehead atoms. The number of thiophene rings is 1. The number of rotatable bonds is 2. The lowest BCUT2D eigenvalue weighted by atomic mass is 9.92. The van der Waals surface area contributed by atoms with Crippen LogP contribution in [0.3, 0.4) is 0 Å². The van der Waals surface area contributed by atoms with Crippen molar-refractivity contribution in [3.8, 4) is 0 Å². The molecule has 0 saturated carbocycles. The summed E-state index contributed by atoms with van der Waals surface area (Å²) < 4.78 is 5.44. The maximum atomic E-state index is 11.5. The molecule has 3 heteroatoms. The molecule has 1 aromatic heterocycles. The highest BCUT2D eigenvalue weighted by Crippen LogP contribution is 2.43. The maximum Gasteiger partial charge on any atom is 0.307 e. The molecule has 0 radical (unpaired) electrons. The van der Waals surface area contributed by atoms with Crippen molar-refractivity contribution >= 4 is 17.3 Å². The van der Waals surface area contributed by atoms with Crippen LogP contribution in [0.2, 0.25) is 0 Å². The van der Waals surface area contributed by atoms with Crippen molar-refractivity contribution in [3.05, 3.63) is 58.3 Å². The van der Waals surface area contributed by atoms with Crippen molar-refractivity contribution in [1.82, 2.24) is 0 Å². The Bertz CT molecular complexity index is 504. The highest BCUT2D eigenvalue weighted by molar-refractivity contribution is 7.10. The van der Waals surface area contributed by atoms with Crippen molar-refractivity contribution < 1.29 is 9.53 Å². The molecule has 2 aromatic rings. The van der Waals surface area contributed by atoms with E-state index < -0.39 is 0 Å². The lowest BCUT2D eigenvalue weighted by Gasteiger charge is -2.16. The van der Waals surface area contributed by atoms with Crippen molar-refractivity contribution in [2.24, 2.45) is 0 Å². The van der Waals surface area contributed by atoms with Crippen LogP contribution in [0.15, 0.2) is 47.8 Å². The topological polar surface area (TPSA) is 26.3 Å². The van der Waals surface area contributed by atoms with E-state index in [9.17, 15) is 4.79 Å². The average Bonchev–Trinajstić information content (AvgIpc) is 2.98. The zero-order valence-corrected chi connectivity index (χ0v) is 10.0. The predicted molar refractivity (Wildman–Crippen MR) is 67.0 cm³/mol. The molecule has 1 saturated heterocycles. The van der Waals surface area contributed by atoms with Crippen LogP contribution in [-0.4, -0.2) is 5.97 Å². The molecule has 0 amide bonds. The van der Waals surface area contributed by atoms with Crippen LogP contribution in [-0.2, 0) is 9.53 Å². The Balaban J connectivity index is 1.95. The van der Waals surface area contributed by atoms with E-state index in [0.29, 0.717) is 6.42 Å². The number of hydrogen-bond donors (Lipinski definition) is 0. The number of carbonyl (C=O) groups is 1. The number of ether oxygens (including phenoxy) is 1. The van der Waals surface area contributed by atoms with Crippen LogP contribution in [0.5, 0.6) is 0 Å². The lowest BCUT2D eigenvalue weighted by molar-refractivity contribution is -0.141. The first kappa shape index (κ1) is 10.5. The van der Waals surface area contributed by atoms with E-state index in [1.165, 1.54) is 5.56 Å². The predicted octanol–water partition coefficient (Wildman–Crippen LogP) is 3.52. The number of esters is 1. The summed E-state index contributed by atoms with van der Waals surface area (Å²) in [4.78, 5) is 12.6. The lowest BCUT2D eigenvalue weighted by Crippen LogP contribution is -2.04. The fraction of sp³-hybridized carbons (Fsp3) is 0.214. The molecule has 0 spiro atoms. The molecular formula is C14H12O2S. The minimum Gasteiger partial charge on any atom is -0.456 e. The molecule has 3 rings (SSSR count). The third kappa shape index (κ3) is 1.98. The first-order chi connectivity index (χ1) is 8.34. The van der Waals surface area contributed by atoms with Crippen LogP contribution >= 0.6 is 11.3 Å². The van der Waals surface area contributed by atoms with Gasteiger partial charge in [0, 0.05) is 10.8 Å². The Hall–Kier alpha value is -1.61. The van der Waals surface area contributed by atoms with Gasteiger partial charge in [0.05, 0.1) is 6.42 Å². The largest absolute Gasteiger partial charge is 0.456 e. The quantitative estimate of drug-likeness (QED) is 0.755. The monoisotopic (exact) mass is 244 g/mol. The highest BCUT2D eigenvalue weighted by atomic mass is 32.1. The van der Waals surface area contributed by atoms with Gasteiger partial charge in [-0.25, -0.2) is 0 Å². The summed E-state index contributed by atoms with van der Waals surface area (Å²) in [5.74, 6) is 0.0552. The minimum absolute atomic E-state index is 0.0998. The third-order valence-corrected chi connectivity index (χ3v) is 4.00. The molecule has 86 valence electrons. The normalized spacial score (nSPS) is 23.6. The van der Waals surface area contributed by atoms with Gasteiger partial charge in [-0.05, 0) is 17.0 Å². The third-order valence-electron chi connectivity index (χ3n) is 3.06. The van der Waals surface area contributed by atoms with Crippen LogP contribution in [0, 0.1) is 0 Å². The van der Waals surface area contributed by atoms with Gasteiger partial charge in [0.1, 0.15) is 6.10 Å². The van der Waals surface area contributed by atoms with Gasteiger partial charge in [0.15, 0.2) is 0 Å². The number of benzene rings is 1. The van der Waals surface area contributed by atoms with E-state index in [-0.39, 0.29) is 18.0 Å². The SMILES string of the molecule is O=C1CC(c2ccccc2)C(c2cccs2)O1. The van der Waals surface area contributed by atoms with Gasteiger partial charge < -0.3 is 4.74 Å². The number of hydrogen-bond acceptors (Lipinski definition) is 3. The molecule has 1 aliphatic heterocycles. The Morgan fingerprint density at radius 3 is 2.65 bits per heavy atom. The van der Waals surface area contributed by atoms with E-state index in [2.05, 4.69) is 12.1 Å². The first-order valence-electron chi connectivity index (χ1n) is 5.62. The van der Waals surface area contributed by atoms with Crippen LogP contribution < -0.4 is 0 Å². The molecule has 2 atom stereocenters. The molecule has 17 heavy (non-hydrogen) atoms. The van der Waals surface area contributed by atoms with Crippen molar-refractivity contribution in [3.63, 3.8) is 0 Å². The summed E-state index contributed by atoms with van der Waals surface area (Å²) >= 11 is 1.64. The summed E-state index contributed by atoms with van der Waals surface area (Å²) in [5, 5.41) is 2.02. The molecule has 0 aliphatic carbocycles. The standard InChI is InChI=1S/C14H12O2S/c15-13-9-11(10-5-2-1-3-6-10)14(16-13)12-7-4-8-17-12/h1-8,11,14H,9H2. The number of cyclic esters (lactones) is 1. The second-order valence-electron chi connectivity index (χ2n) is 4.15. The highest BCUT2D eigenvalue weighted by Gasteiger charge is 2.37. The minimum atomic E-state index is -0.107. The summed E-state index contributed by atoms with van der Waals surface area (Å²) in [6.07, 6.45) is 0.372. The van der Waals surface area contributed by atoms with E-state index in [0.717, 1.165) is 4.88 Å². The van der Waals surface area contributed by atoms with Gasteiger partial charge in [0.25, 0.3) is 0 Å². The van der Waals surface area contributed by atoms with Gasteiger partial charge in [-0.2, -0.15) is 0 Å². The maximum absolute atomic E-state index is 11.5. The van der Waals surface area contributed by atoms with Crippen molar-refractivity contribution in [2.45, 2.75) is 18.4 Å². The number of carbonyl (C=O) groups excluding carboxylic acids is 1. The second-order valence-corrected chi connectivity index (χ2v) is 5.13. The zero-order chi connectivity index (χ0) is 11.7. The van der Waals surface area contributed by atoms with Crippen LogP contribution in [0.1, 0.15) is 28.9 Å². The zero-order valence-electron chi connectivity index (χ0n) is 9.21. The molecule has 1 fully saturated rings. The second kappa shape index (κ2) is 4.34. The van der Waals surface area contributed by atoms with E-state index in [1.807, 2.05) is 35.7 Å². The molecule has 2 unspecified atom stereocenters. The van der Waals surface area contributed by atoms with E-state index >= 15 is 0 Å². The fourth-order valence-corrected chi connectivity index (χ4v) is 3.08. The van der Waals surface area contributed by atoms with Crippen LogP contribution in [0.4, 0.5) is 0 Å². The Kier molecular flexibility index (Phi) is 2.69. The van der Waals surface area contributed by atoms with Gasteiger partial charge in [-0.1, -0.05) is 36.4 Å². The average molecular weight is 244 g/mol. The Labute approximate surface area is 104 Å². The summed E-state index contributed by atoms with van der Waals surface area (Å²) in [6.45, 7) is 0. The van der Waals surface area contributed by atoms with Crippen molar-refractivity contribution in [1.29, 1.82) is 0 Å². The Morgan fingerprint density at radius 1 is 1.12 bits per heavy atom. The van der Waals surface area contributed by atoms with Crippen LogP contribution in [0.25, 0.3) is 0 Å².